The molecule has 4 nitrogen and oxygen atoms in total. The molecule has 1 aromatic heterocycles. The highest BCUT2D eigenvalue weighted by molar-refractivity contribution is 5.28. The number of ether oxygens (including phenoxy) is 1. The fourth-order valence-electron chi connectivity index (χ4n) is 2.40. The van der Waals surface area contributed by atoms with Crippen LogP contribution in [0.25, 0.3) is 0 Å². The summed E-state index contributed by atoms with van der Waals surface area (Å²) in [6.45, 7) is 12.0. The third kappa shape index (κ3) is 4.00. The van der Waals surface area contributed by atoms with Gasteiger partial charge in [-0.3, -0.25) is 0 Å². The summed E-state index contributed by atoms with van der Waals surface area (Å²) >= 11 is 0. The second kappa shape index (κ2) is 7.70. The van der Waals surface area contributed by atoms with Crippen LogP contribution < -0.4 is 5.32 Å². The first-order valence-corrected chi connectivity index (χ1v) is 7.67. The molecule has 0 radical (unpaired) electrons. The first kappa shape index (κ1) is 17.1. The van der Waals surface area contributed by atoms with Crippen molar-refractivity contribution in [2.75, 3.05) is 20.2 Å². The molecule has 0 aliphatic carbocycles. The zero-order chi connectivity index (χ0) is 15.2. The Kier molecular flexibility index (Phi) is 6.56. The standard InChI is InChI=1S/C16H29N3O/c1-7-13-12(10-11-17-6)14(8-2)19-15(18-13)16(4,5)20-9-3/h17H,7-11H2,1-6H3. The molecule has 0 unspecified atom stereocenters. The lowest BCUT2D eigenvalue weighted by molar-refractivity contribution is -0.0211. The van der Waals surface area contributed by atoms with Crippen LogP contribution in [0.4, 0.5) is 0 Å². The zero-order valence-corrected chi connectivity index (χ0v) is 13.8. The van der Waals surface area contributed by atoms with E-state index in [0.717, 1.165) is 43.0 Å². The highest BCUT2D eigenvalue weighted by Gasteiger charge is 2.26. The van der Waals surface area contributed by atoms with E-state index in [1.807, 2.05) is 27.8 Å². The van der Waals surface area contributed by atoms with Gasteiger partial charge >= 0.3 is 0 Å². The maximum Gasteiger partial charge on any atom is 0.160 e. The summed E-state index contributed by atoms with van der Waals surface area (Å²) in [5.41, 5.74) is 3.20. The topological polar surface area (TPSA) is 47.0 Å². The Morgan fingerprint density at radius 2 is 1.60 bits per heavy atom. The van der Waals surface area contributed by atoms with Gasteiger partial charge in [-0.25, -0.2) is 9.97 Å². The summed E-state index contributed by atoms with van der Waals surface area (Å²) < 4.78 is 5.80. The zero-order valence-electron chi connectivity index (χ0n) is 13.8. The van der Waals surface area contributed by atoms with Gasteiger partial charge in [-0.15, -0.1) is 0 Å². The molecule has 0 aromatic carbocycles. The number of aryl methyl sites for hydroxylation is 2. The Hall–Kier alpha value is -1.00. The molecular weight excluding hydrogens is 250 g/mol. The monoisotopic (exact) mass is 279 g/mol. The van der Waals surface area contributed by atoms with Crippen LogP contribution in [0.15, 0.2) is 0 Å². The third-order valence-corrected chi connectivity index (χ3v) is 3.52. The van der Waals surface area contributed by atoms with Gasteiger partial charge in [-0.05, 0) is 59.2 Å². The Labute approximate surface area is 123 Å². The van der Waals surface area contributed by atoms with Crippen molar-refractivity contribution in [1.29, 1.82) is 0 Å². The molecule has 0 amide bonds. The first-order chi connectivity index (χ1) is 9.50. The third-order valence-electron chi connectivity index (χ3n) is 3.52. The summed E-state index contributed by atoms with van der Waals surface area (Å²) in [4.78, 5) is 9.56. The molecule has 1 N–H and O–H groups in total. The highest BCUT2D eigenvalue weighted by Crippen LogP contribution is 2.24. The Balaban J connectivity index is 3.24. The quantitative estimate of drug-likeness (QED) is 0.794. The van der Waals surface area contributed by atoms with E-state index in [2.05, 4.69) is 19.2 Å². The van der Waals surface area contributed by atoms with E-state index < -0.39 is 5.60 Å². The van der Waals surface area contributed by atoms with E-state index in [9.17, 15) is 0 Å². The lowest BCUT2D eigenvalue weighted by Crippen LogP contribution is -2.27. The van der Waals surface area contributed by atoms with Gasteiger partial charge in [0.25, 0.3) is 0 Å². The molecule has 0 spiro atoms. The van der Waals surface area contributed by atoms with Crippen LogP contribution in [-0.2, 0) is 29.6 Å². The maximum atomic E-state index is 5.80. The van der Waals surface area contributed by atoms with Gasteiger partial charge in [0.15, 0.2) is 5.82 Å². The summed E-state index contributed by atoms with van der Waals surface area (Å²) in [5.74, 6) is 0.807. The molecule has 0 aliphatic rings. The average molecular weight is 279 g/mol. The molecule has 1 aromatic rings. The maximum absolute atomic E-state index is 5.80. The molecule has 1 rings (SSSR count). The minimum Gasteiger partial charge on any atom is -0.368 e. The van der Waals surface area contributed by atoms with Gasteiger partial charge in [0.05, 0.1) is 0 Å². The van der Waals surface area contributed by atoms with Gasteiger partial charge in [0.2, 0.25) is 0 Å². The number of nitrogens with one attached hydrogen (secondary N) is 1. The van der Waals surface area contributed by atoms with E-state index in [4.69, 9.17) is 14.7 Å². The number of hydrogen-bond acceptors (Lipinski definition) is 4. The largest absolute Gasteiger partial charge is 0.368 e. The fourth-order valence-corrected chi connectivity index (χ4v) is 2.40. The van der Waals surface area contributed by atoms with Crippen molar-refractivity contribution in [2.45, 2.75) is 59.5 Å². The number of likely N-dealkylation sites (N-methyl/N-ethyl adjacent to an activating group) is 1. The molecule has 114 valence electrons. The summed E-state index contributed by atoms with van der Waals surface area (Å²) in [7, 11) is 1.98. The van der Waals surface area contributed by atoms with E-state index >= 15 is 0 Å². The second-order valence-electron chi connectivity index (χ2n) is 5.42. The number of hydrogen-bond donors (Lipinski definition) is 1. The average Bonchev–Trinajstić information content (AvgIpc) is 2.43. The van der Waals surface area contributed by atoms with Gasteiger partial charge in [-0.1, -0.05) is 13.8 Å². The fraction of sp³-hybridized carbons (Fsp3) is 0.750. The van der Waals surface area contributed by atoms with Gasteiger partial charge in [-0.2, -0.15) is 0 Å². The van der Waals surface area contributed by atoms with Crippen LogP contribution in [0.3, 0.4) is 0 Å². The summed E-state index contributed by atoms with van der Waals surface area (Å²) in [6.07, 6.45) is 2.85. The molecule has 1 heterocycles. The molecule has 0 aliphatic heterocycles. The Morgan fingerprint density at radius 3 is 2.00 bits per heavy atom. The van der Waals surface area contributed by atoms with E-state index in [0.29, 0.717) is 6.61 Å². The minimum atomic E-state index is -0.426. The van der Waals surface area contributed by atoms with Crippen LogP contribution in [-0.4, -0.2) is 30.2 Å². The SMILES string of the molecule is CCOC(C)(C)c1nc(CC)c(CCNC)c(CC)n1. The van der Waals surface area contributed by atoms with Gasteiger partial charge in [0.1, 0.15) is 5.60 Å². The molecule has 0 atom stereocenters. The molecular formula is C16H29N3O. The van der Waals surface area contributed by atoms with Crippen molar-refractivity contribution >= 4 is 0 Å². The van der Waals surface area contributed by atoms with Crippen molar-refractivity contribution in [3.05, 3.63) is 22.8 Å². The molecule has 0 saturated carbocycles. The van der Waals surface area contributed by atoms with E-state index in [1.165, 1.54) is 5.56 Å². The van der Waals surface area contributed by atoms with Crippen molar-refractivity contribution in [2.24, 2.45) is 0 Å². The van der Waals surface area contributed by atoms with E-state index in [-0.39, 0.29) is 0 Å². The number of nitrogens with zero attached hydrogens (tertiary/aromatic N) is 2. The highest BCUT2D eigenvalue weighted by atomic mass is 16.5. The number of rotatable bonds is 8. The van der Waals surface area contributed by atoms with Gasteiger partial charge < -0.3 is 10.1 Å². The van der Waals surface area contributed by atoms with Gasteiger partial charge in [0, 0.05) is 18.0 Å². The summed E-state index contributed by atoms with van der Waals surface area (Å²) in [6, 6.07) is 0. The van der Waals surface area contributed by atoms with Crippen LogP contribution in [0.2, 0.25) is 0 Å². The minimum absolute atomic E-state index is 0.426. The van der Waals surface area contributed by atoms with Crippen LogP contribution in [0, 0.1) is 0 Å². The predicted molar refractivity (Wildman–Crippen MR) is 83.1 cm³/mol. The molecule has 0 saturated heterocycles. The van der Waals surface area contributed by atoms with Crippen molar-refractivity contribution in [3.63, 3.8) is 0 Å². The van der Waals surface area contributed by atoms with Crippen LogP contribution in [0.1, 0.15) is 57.4 Å². The predicted octanol–water partition coefficient (Wildman–Crippen LogP) is 2.63. The lowest BCUT2D eigenvalue weighted by Gasteiger charge is -2.25. The van der Waals surface area contributed by atoms with Crippen molar-refractivity contribution < 1.29 is 4.74 Å². The normalized spacial score (nSPS) is 11.9. The molecule has 0 bridgehead atoms. The Morgan fingerprint density at radius 1 is 1.05 bits per heavy atom. The number of aromatic nitrogens is 2. The van der Waals surface area contributed by atoms with Crippen molar-refractivity contribution in [3.8, 4) is 0 Å². The molecule has 20 heavy (non-hydrogen) atoms. The molecule has 0 fully saturated rings. The first-order valence-electron chi connectivity index (χ1n) is 7.67. The second-order valence-corrected chi connectivity index (χ2v) is 5.42. The lowest BCUT2D eigenvalue weighted by atomic mass is 10.0. The smallest absolute Gasteiger partial charge is 0.160 e. The van der Waals surface area contributed by atoms with Crippen LogP contribution >= 0.6 is 0 Å². The van der Waals surface area contributed by atoms with E-state index in [1.54, 1.807) is 0 Å². The molecule has 4 heteroatoms. The Bertz CT molecular complexity index is 405. The van der Waals surface area contributed by atoms with Crippen molar-refractivity contribution in [1.82, 2.24) is 15.3 Å². The summed E-state index contributed by atoms with van der Waals surface area (Å²) in [5, 5.41) is 3.20. The van der Waals surface area contributed by atoms with Crippen LogP contribution in [0.5, 0.6) is 0 Å².